The Labute approximate surface area is 165 Å². The van der Waals surface area contributed by atoms with Gasteiger partial charge in [0.15, 0.2) is 5.65 Å². The second-order valence-electron chi connectivity index (χ2n) is 7.29. The molecule has 1 aromatic carbocycles. The molecule has 9 heteroatoms. The van der Waals surface area contributed by atoms with Gasteiger partial charge >= 0.3 is 6.18 Å². The highest BCUT2D eigenvalue weighted by molar-refractivity contribution is 5.58. The van der Waals surface area contributed by atoms with Crippen molar-refractivity contribution in [2.24, 2.45) is 5.92 Å². The van der Waals surface area contributed by atoms with Crippen LogP contribution in [-0.2, 0) is 6.18 Å². The Kier molecular flexibility index (Phi) is 5.31. The van der Waals surface area contributed by atoms with E-state index in [0.29, 0.717) is 17.3 Å². The molecular weight excluding hydrogens is 383 g/mol. The van der Waals surface area contributed by atoms with E-state index in [1.54, 1.807) is 10.6 Å². The van der Waals surface area contributed by atoms with E-state index in [1.807, 2.05) is 12.1 Å². The standard InChI is InChI=1S/C20H22F3N5O/c21-20(22,23)14-8-10-15(11-9-14)24-19-26-18-7-3-6-17(28(18)27-19)25-16-5-2-1-4-13(16)12-29/h3,6-11,13,16,25,29H,1-2,4-5,12H2,(H,24,27). The summed E-state index contributed by atoms with van der Waals surface area (Å²) in [5.41, 5.74) is 0.375. The monoisotopic (exact) mass is 405 g/mol. The number of halogens is 3. The van der Waals surface area contributed by atoms with Crippen molar-refractivity contribution in [2.45, 2.75) is 37.9 Å². The molecule has 2 unspecified atom stereocenters. The third-order valence-electron chi connectivity index (χ3n) is 5.30. The van der Waals surface area contributed by atoms with Crippen LogP contribution in [0.4, 0.5) is 30.6 Å². The Morgan fingerprint density at radius 1 is 1.07 bits per heavy atom. The summed E-state index contributed by atoms with van der Waals surface area (Å²) in [5.74, 6) is 1.26. The van der Waals surface area contributed by atoms with Gasteiger partial charge in [0.25, 0.3) is 0 Å². The van der Waals surface area contributed by atoms with Gasteiger partial charge in [-0.15, -0.1) is 5.10 Å². The molecule has 0 spiro atoms. The Morgan fingerprint density at radius 2 is 1.83 bits per heavy atom. The zero-order chi connectivity index (χ0) is 20.4. The molecule has 0 aliphatic heterocycles. The highest BCUT2D eigenvalue weighted by Crippen LogP contribution is 2.30. The third-order valence-corrected chi connectivity index (χ3v) is 5.30. The fourth-order valence-corrected chi connectivity index (χ4v) is 3.75. The van der Waals surface area contributed by atoms with E-state index < -0.39 is 11.7 Å². The fraction of sp³-hybridized carbons (Fsp3) is 0.400. The van der Waals surface area contributed by atoms with Crippen LogP contribution in [0.25, 0.3) is 5.65 Å². The maximum Gasteiger partial charge on any atom is 0.416 e. The van der Waals surface area contributed by atoms with Crippen LogP contribution in [0.1, 0.15) is 31.2 Å². The number of benzene rings is 1. The van der Waals surface area contributed by atoms with Gasteiger partial charge in [0.2, 0.25) is 5.95 Å². The van der Waals surface area contributed by atoms with Gasteiger partial charge in [-0.1, -0.05) is 18.9 Å². The van der Waals surface area contributed by atoms with Crippen LogP contribution < -0.4 is 10.6 Å². The highest BCUT2D eigenvalue weighted by Gasteiger charge is 2.30. The zero-order valence-corrected chi connectivity index (χ0v) is 15.7. The van der Waals surface area contributed by atoms with Gasteiger partial charge in [0.1, 0.15) is 5.82 Å². The molecule has 0 saturated heterocycles. The second kappa shape index (κ2) is 7.90. The van der Waals surface area contributed by atoms with Gasteiger partial charge in [-0.2, -0.15) is 22.7 Å². The van der Waals surface area contributed by atoms with Gasteiger partial charge in [-0.25, -0.2) is 0 Å². The van der Waals surface area contributed by atoms with Crippen molar-refractivity contribution in [3.05, 3.63) is 48.0 Å². The van der Waals surface area contributed by atoms with E-state index in [0.717, 1.165) is 43.6 Å². The van der Waals surface area contributed by atoms with E-state index in [9.17, 15) is 18.3 Å². The van der Waals surface area contributed by atoms with Crippen LogP contribution >= 0.6 is 0 Å². The molecule has 1 aliphatic rings. The Bertz CT molecular complexity index is 970. The quantitative estimate of drug-likeness (QED) is 0.585. The van der Waals surface area contributed by atoms with Crippen molar-refractivity contribution in [1.29, 1.82) is 0 Å². The predicted molar refractivity (Wildman–Crippen MR) is 104 cm³/mol. The molecule has 2 aromatic heterocycles. The van der Waals surface area contributed by atoms with E-state index >= 15 is 0 Å². The van der Waals surface area contributed by atoms with Gasteiger partial charge in [-0.05, 0) is 49.2 Å². The van der Waals surface area contributed by atoms with E-state index in [-0.39, 0.29) is 18.6 Å². The Balaban J connectivity index is 1.54. The van der Waals surface area contributed by atoms with Crippen LogP contribution in [0, 0.1) is 5.92 Å². The Hall–Kier alpha value is -2.81. The molecule has 0 bridgehead atoms. The molecule has 0 amide bonds. The van der Waals surface area contributed by atoms with Gasteiger partial charge in [-0.3, -0.25) is 0 Å². The maximum absolute atomic E-state index is 12.7. The predicted octanol–water partition coefficient (Wildman–Crippen LogP) is 4.45. The first-order valence-electron chi connectivity index (χ1n) is 9.61. The lowest BCUT2D eigenvalue weighted by Gasteiger charge is -2.31. The highest BCUT2D eigenvalue weighted by atomic mass is 19.4. The van der Waals surface area contributed by atoms with Crippen LogP contribution in [-0.4, -0.2) is 32.4 Å². The van der Waals surface area contributed by atoms with Gasteiger partial charge in [0, 0.05) is 24.3 Å². The summed E-state index contributed by atoms with van der Waals surface area (Å²) in [6.45, 7) is 0.145. The SMILES string of the molecule is OCC1CCCCC1Nc1cccc2nc(Nc3ccc(C(F)(F)F)cc3)nn12. The van der Waals surface area contributed by atoms with Crippen LogP contribution in [0.15, 0.2) is 42.5 Å². The summed E-state index contributed by atoms with van der Waals surface area (Å²) < 4.78 is 39.8. The molecule has 2 atom stereocenters. The molecule has 1 fully saturated rings. The second-order valence-corrected chi connectivity index (χ2v) is 7.29. The fourth-order valence-electron chi connectivity index (χ4n) is 3.75. The molecule has 6 nitrogen and oxygen atoms in total. The number of aliphatic hydroxyl groups excluding tert-OH is 1. The lowest BCUT2D eigenvalue weighted by Crippen LogP contribution is -2.35. The molecule has 4 rings (SSSR count). The number of anilines is 3. The molecule has 29 heavy (non-hydrogen) atoms. The first-order chi connectivity index (χ1) is 13.9. The van der Waals surface area contributed by atoms with Crippen molar-refractivity contribution >= 4 is 23.1 Å². The van der Waals surface area contributed by atoms with Crippen LogP contribution in [0.3, 0.4) is 0 Å². The minimum Gasteiger partial charge on any atom is -0.396 e. The first kappa shape index (κ1) is 19.5. The number of fused-ring (bicyclic) bond motifs is 1. The van der Waals surface area contributed by atoms with E-state index in [2.05, 4.69) is 20.7 Å². The normalized spacial score (nSPS) is 20.0. The van der Waals surface area contributed by atoms with E-state index in [1.165, 1.54) is 12.1 Å². The minimum absolute atomic E-state index is 0.145. The number of rotatable bonds is 5. The maximum atomic E-state index is 12.7. The Morgan fingerprint density at radius 3 is 2.55 bits per heavy atom. The van der Waals surface area contributed by atoms with Gasteiger partial charge < -0.3 is 15.7 Å². The number of alkyl halides is 3. The molecule has 0 radical (unpaired) electrons. The average Bonchev–Trinajstić information content (AvgIpc) is 3.11. The number of hydrogen-bond donors (Lipinski definition) is 3. The summed E-state index contributed by atoms with van der Waals surface area (Å²) in [6, 6.07) is 10.5. The molecule has 3 aromatic rings. The number of pyridine rings is 1. The van der Waals surface area contributed by atoms with Crippen LogP contribution in [0.2, 0.25) is 0 Å². The largest absolute Gasteiger partial charge is 0.416 e. The molecule has 2 heterocycles. The smallest absolute Gasteiger partial charge is 0.396 e. The van der Waals surface area contributed by atoms with E-state index in [4.69, 9.17) is 0 Å². The van der Waals surface area contributed by atoms with Gasteiger partial charge in [0.05, 0.1) is 5.56 Å². The van der Waals surface area contributed by atoms with Crippen molar-refractivity contribution in [3.8, 4) is 0 Å². The molecular formula is C20H22F3N5O. The number of hydrogen-bond acceptors (Lipinski definition) is 5. The average molecular weight is 405 g/mol. The number of aliphatic hydroxyl groups is 1. The van der Waals surface area contributed by atoms with Crippen molar-refractivity contribution in [1.82, 2.24) is 14.6 Å². The minimum atomic E-state index is -4.37. The molecule has 1 aliphatic carbocycles. The third kappa shape index (κ3) is 4.29. The lowest BCUT2D eigenvalue weighted by molar-refractivity contribution is -0.137. The first-order valence-corrected chi connectivity index (χ1v) is 9.61. The number of nitrogens with zero attached hydrogens (tertiary/aromatic N) is 3. The number of nitrogens with one attached hydrogen (secondary N) is 2. The molecule has 3 N–H and O–H groups in total. The summed E-state index contributed by atoms with van der Waals surface area (Å²) in [6.07, 6.45) is -0.165. The molecule has 154 valence electrons. The van der Waals surface area contributed by atoms with Crippen molar-refractivity contribution in [3.63, 3.8) is 0 Å². The lowest BCUT2D eigenvalue weighted by atomic mass is 9.85. The zero-order valence-electron chi connectivity index (χ0n) is 15.7. The van der Waals surface area contributed by atoms with Crippen molar-refractivity contribution in [2.75, 3.05) is 17.2 Å². The van der Waals surface area contributed by atoms with Crippen molar-refractivity contribution < 1.29 is 18.3 Å². The molecule has 1 saturated carbocycles. The summed E-state index contributed by atoms with van der Waals surface area (Å²) in [4.78, 5) is 4.40. The summed E-state index contributed by atoms with van der Waals surface area (Å²) in [7, 11) is 0. The summed E-state index contributed by atoms with van der Waals surface area (Å²) in [5, 5.41) is 20.5. The summed E-state index contributed by atoms with van der Waals surface area (Å²) >= 11 is 0. The van der Waals surface area contributed by atoms with Crippen LogP contribution in [0.5, 0.6) is 0 Å². The topological polar surface area (TPSA) is 74.5 Å². The number of aromatic nitrogens is 3.